The first-order valence-electron chi connectivity index (χ1n) is 12.5. The molecule has 7 rings (SSSR count). The molecule has 29 heavy (non-hydrogen) atoms. The molecule has 5 unspecified atom stereocenters. The molecular formula is C27H34N2. The lowest BCUT2D eigenvalue weighted by Crippen LogP contribution is -2.35. The largest absolute Gasteiger partial charge is 0.341 e. The third kappa shape index (κ3) is 2.50. The first kappa shape index (κ1) is 17.1. The molecule has 7 aliphatic rings. The molecule has 0 aromatic heterocycles. The highest BCUT2D eigenvalue weighted by Crippen LogP contribution is 2.57. The van der Waals surface area contributed by atoms with E-state index in [4.69, 9.17) is 4.99 Å². The molecule has 0 aromatic carbocycles. The molecule has 4 aliphatic carbocycles. The van der Waals surface area contributed by atoms with Crippen molar-refractivity contribution in [2.75, 3.05) is 6.54 Å². The second-order valence-corrected chi connectivity index (χ2v) is 10.9. The molecule has 0 N–H and O–H groups in total. The van der Waals surface area contributed by atoms with Gasteiger partial charge in [0.1, 0.15) is 0 Å². The van der Waals surface area contributed by atoms with Crippen molar-refractivity contribution < 1.29 is 0 Å². The highest BCUT2D eigenvalue weighted by molar-refractivity contribution is 5.74. The third-order valence-corrected chi connectivity index (χ3v) is 9.70. The van der Waals surface area contributed by atoms with E-state index in [2.05, 4.69) is 35.4 Å². The summed E-state index contributed by atoms with van der Waals surface area (Å²) in [5.41, 5.74) is 6.81. The molecule has 2 heteroatoms. The fourth-order valence-corrected chi connectivity index (χ4v) is 8.49. The van der Waals surface area contributed by atoms with Gasteiger partial charge in [-0.1, -0.05) is 24.6 Å². The fourth-order valence-electron chi connectivity index (χ4n) is 8.49. The Balaban J connectivity index is 1.29. The predicted molar refractivity (Wildman–Crippen MR) is 118 cm³/mol. The lowest BCUT2D eigenvalue weighted by molar-refractivity contribution is 0.247. The molecule has 0 aromatic rings. The van der Waals surface area contributed by atoms with Gasteiger partial charge in [0.25, 0.3) is 0 Å². The van der Waals surface area contributed by atoms with Crippen LogP contribution in [0.25, 0.3) is 0 Å². The van der Waals surface area contributed by atoms with Crippen LogP contribution in [0.5, 0.6) is 0 Å². The van der Waals surface area contributed by atoms with E-state index >= 15 is 0 Å². The summed E-state index contributed by atoms with van der Waals surface area (Å²) in [6.07, 6.45) is 26.1. The second-order valence-electron chi connectivity index (χ2n) is 10.9. The maximum atomic E-state index is 4.70. The van der Waals surface area contributed by atoms with Crippen LogP contribution in [0.3, 0.4) is 0 Å². The second kappa shape index (κ2) is 6.46. The minimum absolute atomic E-state index is 0.582. The average Bonchev–Trinajstić information content (AvgIpc) is 3.43. The van der Waals surface area contributed by atoms with E-state index in [1.807, 2.05) is 5.57 Å². The summed E-state index contributed by atoms with van der Waals surface area (Å²) in [6, 6.07) is 0.582. The van der Waals surface area contributed by atoms with Crippen LogP contribution in [0.2, 0.25) is 0 Å². The number of dihydropyridines is 1. The maximum absolute atomic E-state index is 4.70. The van der Waals surface area contributed by atoms with Crippen LogP contribution >= 0.6 is 0 Å². The molecule has 2 bridgehead atoms. The average molecular weight is 387 g/mol. The van der Waals surface area contributed by atoms with Crippen LogP contribution in [0.15, 0.2) is 51.8 Å². The van der Waals surface area contributed by atoms with E-state index in [1.165, 1.54) is 51.4 Å². The van der Waals surface area contributed by atoms with Gasteiger partial charge in [-0.3, -0.25) is 4.99 Å². The summed E-state index contributed by atoms with van der Waals surface area (Å²) < 4.78 is 0. The zero-order valence-corrected chi connectivity index (χ0v) is 17.6. The monoisotopic (exact) mass is 386 g/mol. The van der Waals surface area contributed by atoms with Gasteiger partial charge in [-0.25, -0.2) is 0 Å². The number of fused-ring (bicyclic) bond motifs is 7. The molecule has 2 saturated carbocycles. The van der Waals surface area contributed by atoms with Gasteiger partial charge in [-0.05, 0) is 98.7 Å². The van der Waals surface area contributed by atoms with Crippen LogP contribution in [0.4, 0.5) is 0 Å². The van der Waals surface area contributed by atoms with E-state index in [1.54, 1.807) is 29.8 Å². The zero-order valence-electron chi connectivity index (χ0n) is 17.6. The van der Waals surface area contributed by atoms with Gasteiger partial charge in [0.15, 0.2) is 0 Å². The van der Waals surface area contributed by atoms with Crippen molar-refractivity contribution in [2.45, 2.75) is 70.3 Å². The van der Waals surface area contributed by atoms with Crippen molar-refractivity contribution >= 4 is 6.21 Å². The molecule has 0 spiro atoms. The first-order chi connectivity index (χ1) is 14.4. The number of hydrogen-bond donors (Lipinski definition) is 0. The van der Waals surface area contributed by atoms with Crippen LogP contribution in [0, 0.1) is 35.5 Å². The van der Waals surface area contributed by atoms with Crippen LogP contribution in [0.1, 0.15) is 64.2 Å². The van der Waals surface area contributed by atoms with Gasteiger partial charge >= 0.3 is 0 Å². The van der Waals surface area contributed by atoms with Crippen LogP contribution < -0.4 is 0 Å². The topological polar surface area (TPSA) is 15.6 Å². The summed E-state index contributed by atoms with van der Waals surface area (Å²) in [7, 11) is 0. The maximum Gasteiger partial charge on any atom is 0.0585 e. The lowest BCUT2D eigenvalue weighted by Gasteiger charge is -2.38. The molecule has 0 amide bonds. The molecule has 1 saturated heterocycles. The number of allylic oxidation sites excluding steroid dienone is 5. The molecule has 3 heterocycles. The van der Waals surface area contributed by atoms with Gasteiger partial charge in [-0.15, -0.1) is 0 Å². The molecule has 3 fully saturated rings. The Morgan fingerprint density at radius 1 is 1.03 bits per heavy atom. The van der Waals surface area contributed by atoms with Crippen LogP contribution in [-0.2, 0) is 0 Å². The number of aliphatic imine (C=N–C) groups is 1. The molecule has 2 nitrogen and oxygen atoms in total. The number of nitrogens with zero attached hydrogens (tertiary/aromatic N) is 2. The summed E-state index contributed by atoms with van der Waals surface area (Å²) in [5.74, 6) is 5.41. The Bertz CT molecular complexity index is 871. The minimum Gasteiger partial charge on any atom is -0.341 e. The minimum atomic E-state index is 0.582. The van der Waals surface area contributed by atoms with E-state index in [0.717, 1.165) is 36.1 Å². The van der Waals surface area contributed by atoms with E-state index < -0.39 is 0 Å². The predicted octanol–water partition coefficient (Wildman–Crippen LogP) is 6.04. The number of rotatable bonds is 2. The number of hydrogen-bond acceptors (Lipinski definition) is 2. The van der Waals surface area contributed by atoms with E-state index in [0.29, 0.717) is 12.0 Å². The van der Waals surface area contributed by atoms with Gasteiger partial charge in [0, 0.05) is 36.0 Å². The van der Waals surface area contributed by atoms with Crippen LogP contribution in [-0.4, -0.2) is 23.7 Å². The Kier molecular flexibility index (Phi) is 3.82. The SMILES string of the molecule is C1=CC2=CCC3=C4[C@H](CCC3CC3CC5CCC3C5)[C@H]3CN=CC=C3N4C2CC1. The van der Waals surface area contributed by atoms with Crippen molar-refractivity contribution in [2.24, 2.45) is 40.5 Å². The molecule has 152 valence electrons. The van der Waals surface area contributed by atoms with E-state index in [-0.39, 0.29) is 0 Å². The summed E-state index contributed by atoms with van der Waals surface area (Å²) in [4.78, 5) is 7.55. The van der Waals surface area contributed by atoms with Crippen molar-refractivity contribution in [1.82, 2.24) is 4.90 Å². The van der Waals surface area contributed by atoms with Crippen molar-refractivity contribution in [3.05, 3.63) is 46.8 Å². The Morgan fingerprint density at radius 2 is 2.03 bits per heavy atom. The van der Waals surface area contributed by atoms with Gasteiger partial charge < -0.3 is 4.90 Å². The van der Waals surface area contributed by atoms with Gasteiger partial charge in [-0.2, -0.15) is 0 Å². The van der Waals surface area contributed by atoms with Gasteiger partial charge in [0.2, 0.25) is 0 Å². The fraction of sp³-hybridized carbons (Fsp3) is 0.667. The Hall–Kier alpha value is -1.57. The van der Waals surface area contributed by atoms with Crippen molar-refractivity contribution in [1.29, 1.82) is 0 Å². The van der Waals surface area contributed by atoms with Crippen molar-refractivity contribution in [3.8, 4) is 0 Å². The Morgan fingerprint density at radius 3 is 2.93 bits per heavy atom. The quantitative estimate of drug-likeness (QED) is 0.565. The molecule has 7 atom stereocenters. The Labute approximate surface area is 175 Å². The third-order valence-electron chi connectivity index (χ3n) is 9.70. The smallest absolute Gasteiger partial charge is 0.0585 e. The van der Waals surface area contributed by atoms with Gasteiger partial charge in [0.05, 0.1) is 6.04 Å². The molecular weight excluding hydrogens is 352 g/mol. The summed E-state index contributed by atoms with van der Waals surface area (Å²) in [5, 5.41) is 0. The zero-order chi connectivity index (χ0) is 18.9. The van der Waals surface area contributed by atoms with Crippen molar-refractivity contribution in [3.63, 3.8) is 0 Å². The summed E-state index contributed by atoms with van der Waals surface area (Å²) in [6.45, 7) is 1.02. The molecule has 0 radical (unpaired) electrons. The standard InChI is InChI=1S/C27H34N2/c1-2-4-25-18(3-1)7-9-22-20(15-21-14-17-5-6-19(21)13-17)8-10-23-24-16-28-12-11-26(24)29(25)27(22)23/h1,3,7,11-12,17,19-21,23-25H,2,4-6,8-10,13-16H2/t17?,19?,20?,21?,23-,24-,25?/m1/s1. The van der Waals surface area contributed by atoms with E-state index in [9.17, 15) is 0 Å². The first-order valence-corrected chi connectivity index (χ1v) is 12.5. The normalized spacial score (nSPS) is 44.3. The highest BCUT2D eigenvalue weighted by Gasteiger charge is 2.50. The molecule has 3 aliphatic heterocycles. The summed E-state index contributed by atoms with van der Waals surface area (Å²) >= 11 is 0. The lowest BCUT2D eigenvalue weighted by atomic mass is 9.70. The highest BCUT2D eigenvalue weighted by atomic mass is 15.2.